The highest BCUT2D eigenvalue weighted by Gasteiger charge is 2.31. The molecule has 3 rings (SSSR count). The van der Waals surface area contributed by atoms with Crippen LogP contribution in [-0.4, -0.2) is 7.11 Å². The lowest BCUT2D eigenvalue weighted by Crippen LogP contribution is -2.25. The van der Waals surface area contributed by atoms with Crippen LogP contribution in [-0.2, 0) is 11.3 Å². The minimum Gasteiger partial charge on any atom is -0.380 e. The quantitative estimate of drug-likeness (QED) is 0.468. The Morgan fingerprint density at radius 2 is 1.50 bits per heavy atom. The van der Waals surface area contributed by atoms with Crippen LogP contribution in [0.25, 0.3) is 0 Å². The van der Waals surface area contributed by atoms with Crippen LogP contribution < -0.4 is 0 Å². The Kier molecular flexibility index (Phi) is 7.80. The zero-order valence-corrected chi connectivity index (χ0v) is 17.0. The Balaban J connectivity index is 1.41. The monoisotopic (exact) mass is 354 g/mol. The predicted molar refractivity (Wildman–Crippen MR) is 111 cm³/mol. The van der Waals surface area contributed by atoms with Crippen molar-refractivity contribution in [3.8, 4) is 0 Å². The molecule has 0 heterocycles. The van der Waals surface area contributed by atoms with Gasteiger partial charge in [-0.05, 0) is 93.1 Å². The normalized spacial score (nSPS) is 29.9. The van der Waals surface area contributed by atoms with E-state index in [0.29, 0.717) is 0 Å². The van der Waals surface area contributed by atoms with Crippen molar-refractivity contribution in [3.05, 3.63) is 47.5 Å². The molecule has 0 aliphatic heterocycles. The molecule has 0 amide bonds. The third-order valence-electron chi connectivity index (χ3n) is 7.07. The van der Waals surface area contributed by atoms with Crippen LogP contribution in [0.15, 0.2) is 36.4 Å². The van der Waals surface area contributed by atoms with Crippen molar-refractivity contribution < 1.29 is 4.74 Å². The summed E-state index contributed by atoms with van der Waals surface area (Å²) in [4.78, 5) is 0. The van der Waals surface area contributed by atoms with E-state index in [1.807, 2.05) is 0 Å². The van der Waals surface area contributed by atoms with Gasteiger partial charge in [-0.25, -0.2) is 0 Å². The van der Waals surface area contributed by atoms with Crippen molar-refractivity contribution in [2.75, 3.05) is 7.11 Å². The lowest BCUT2D eigenvalue weighted by atomic mass is 9.68. The van der Waals surface area contributed by atoms with Crippen LogP contribution in [0.4, 0.5) is 0 Å². The van der Waals surface area contributed by atoms with E-state index in [-0.39, 0.29) is 0 Å². The molecule has 0 bridgehead atoms. The van der Waals surface area contributed by atoms with E-state index in [4.69, 9.17) is 4.74 Å². The Morgan fingerprint density at radius 3 is 2.08 bits per heavy atom. The summed E-state index contributed by atoms with van der Waals surface area (Å²) in [6.45, 7) is 2.87. The van der Waals surface area contributed by atoms with Gasteiger partial charge in [-0.2, -0.15) is 0 Å². The summed E-state index contributed by atoms with van der Waals surface area (Å²) < 4.78 is 5.23. The van der Waals surface area contributed by atoms with Gasteiger partial charge in [-0.15, -0.1) is 0 Å². The van der Waals surface area contributed by atoms with Gasteiger partial charge < -0.3 is 4.74 Å². The molecule has 1 aromatic carbocycles. The van der Waals surface area contributed by atoms with E-state index in [0.717, 1.165) is 30.3 Å². The van der Waals surface area contributed by atoms with Crippen LogP contribution in [0.3, 0.4) is 0 Å². The smallest absolute Gasteiger partial charge is 0.0713 e. The van der Waals surface area contributed by atoms with Crippen molar-refractivity contribution in [3.63, 3.8) is 0 Å². The first-order valence-electron chi connectivity index (χ1n) is 11.0. The Morgan fingerprint density at radius 1 is 0.885 bits per heavy atom. The maximum absolute atomic E-state index is 5.23. The van der Waals surface area contributed by atoms with E-state index >= 15 is 0 Å². The molecular formula is C25H38O. The standard InChI is InChI=1S/C25H38O/c1-3-4-5-6-20-7-11-22(12-8-20)24-15-17-25(18-16-24)23-13-9-21(10-14-23)19-26-2/h3-4,9-10,13-14,20,22,24-25H,5-8,11-12,15-19H2,1-2H3. The third-order valence-corrected chi connectivity index (χ3v) is 7.07. The Hall–Kier alpha value is -1.08. The van der Waals surface area contributed by atoms with Crippen molar-refractivity contribution >= 4 is 0 Å². The first kappa shape index (κ1) is 19.7. The summed E-state index contributed by atoms with van der Waals surface area (Å²) in [7, 11) is 1.77. The average Bonchev–Trinajstić information content (AvgIpc) is 2.70. The zero-order chi connectivity index (χ0) is 18.2. The Bertz CT molecular complexity index is 528. The van der Waals surface area contributed by atoms with Crippen LogP contribution in [0, 0.1) is 17.8 Å². The molecule has 0 saturated heterocycles. The van der Waals surface area contributed by atoms with Crippen molar-refractivity contribution in [2.24, 2.45) is 17.8 Å². The van der Waals surface area contributed by atoms with Gasteiger partial charge >= 0.3 is 0 Å². The maximum Gasteiger partial charge on any atom is 0.0713 e. The predicted octanol–water partition coefficient (Wildman–Crippen LogP) is 7.27. The van der Waals surface area contributed by atoms with Gasteiger partial charge in [0.05, 0.1) is 6.61 Å². The molecule has 2 aliphatic carbocycles. The maximum atomic E-state index is 5.23. The molecule has 2 saturated carbocycles. The molecule has 144 valence electrons. The summed E-state index contributed by atoms with van der Waals surface area (Å²) in [6, 6.07) is 9.18. The average molecular weight is 355 g/mol. The molecule has 2 fully saturated rings. The highest BCUT2D eigenvalue weighted by Crippen LogP contribution is 2.44. The molecular weight excluding hydrogens is 316 g/mol. The molecule has 0 N–H and O–H groups in total. The van der Waals surface area contributed by atoms with Gasteiger partial charge in [0.15, 0.2) is 0 Å². The second-order valence-electron chi connectivity index (χ2n) is 8.71. The van der Waals surface area contributed by atoms with E-state index in [1.165, 1.54) is 69.8 Å². The fourth-order valence-corrected chi connectivity index (χ4v) is 5.42. The molecule has 26 heavy (non-hydrogen) atoms. The van der Waals surface area contributed by atoms with E-state index < -0.39 is 0 Å². The van der Waals surface area contributed by atoms with Crippen molar-refractivity contribution in [1.29, 1.82) is 0 Å². The molecule has 2 aliphatic rings. The number of rotatable bonds is 7. The third kappa shape index (κ3) is 5.46. The number of methoxy groups -OCH3 is 1. The van der Waals surface area contributed by atoms with Gasteiger partial charge in [0.25, 0.3) is 0 Å². The molecule has 1 nitrogen and oxygen atoms in total. The number of allylic oxidation sites excluding steroid dienone is 2. The summed E-state index contributed by atoms with van der Waals surface area (Å²) >= 11 is 0. The van der Waals surface area contributed by atoms with E-state index in [9.17, 15) is 0 Å². The summed E-state index contributed by atoms with van der Waals surface area (Å²) in [5, 5.41) is 0. The minimum absolute atomic E-state index is 0.727. The molecule has 1 heteroatoms. The van der Waals surface area contributed by atoms with Crippen molar-refractivity contribution in [1.82, 2.24) is 0 Å². The fraction of sp³-hybridized carbons (Fsp3) is 0.680. The molecule has 0 atom stereocenters. The van der Waals surface area contributed by atoms with E-state index in [1.54, 1.807) is 12.7 Å². The van der Waals surface area contributed by atoms with Gasteiger partial charge in [0.1, 0.15) is 0 Å². The lowest BCUT2D eigenvalue weighted by Gasteiger charge is -2.38. The number of benzene rings is 1. The van der Waals surface area contributed by atoms with Crippen LogP contribution >= 0.6 is 0 Å². The molecule has 0 radical (unpaired) electrons. The highest BCUT2D eigenvalue weighted by molar-refractivity contribution is 5.25. The van der Waals surface area contributed by atoms with Crippen LogP contribution in [0.2, 0.25) is 0 Å². The SMILES string of the molecule is CC=CCCC1CCC(C2CCC(c3ccc(COC)cc3)CC2)CC1. The first-order chi connectivity index (χ1) is 12.8. The fourth-order valence-electron chi connectivity index (χ4n) is 5.42. The topological polar surface area (TPSA) is 9.23 Å². The second-order valence-corrected chi connectivity index (χ2v) is 8.71. The van der Waals surface area contributed by atoms with Gasteiger partial charge in [-0.3, -0.25) is 0 Å². The molecule has 0 spiro atoms. The highest BCUT2D eigenvalue weighted by atomic mass is 16.5. The molecule has 0 unspecified atom stereocenters. The van der Waals surface area contributed by atoms with Gasteiger partial charge in [0.2, 0.25) is 0 Å². The molecule has 0 aromatic heterocycles. The number of hydrogen-bond donors (Lipinski definition) is 0. The van der Waals surface area contributed by atoms with Crippen molar-refractivity contribution in [2.45, 2.75) is 83.7 Å². The van der Waals surface area contributed by atoms with Crippen LogP contribution in [0.5, 0.6) is 0 Å². The Labute approximate surface area is 161 Å². The lowest BCUT2D eigenvalue weighted by molar-refractivity contribution is 0.157. The van der Waals surface area contributed by atoms with Gasteiger partial charge in [0, 0.05) is 7.11 Å². The van der Waals surface area contributed by atoms with Crippen LogP contribution in [0.1, 0.15) is 88.2 Å². The second kappa shape index (κ2) is 10.3. The summed E-state index contributed by atoms with van der Waals surface area (Å²) in [6.07, 6.45) is 18.9. The number of ether oxygens (including phenoxy) is 1. The summed E-state index contributed by atoms with van der Waals surface area (Å²) in [5.41, 5.74) is 2.84. The first-order valence-corrected chi connectivity index (χ1v) is 11.0. The minimum atomic E-state index is 0.727. The number of hydrogen-bond acceptors (Lipinski definition) is 1. The summed E-state index contributed by atoms with van der Waals surface area (Å²) in [5.74, 6) is 3.83. The van der Waals surface area contributed by atoms with Gasteiger partial charge in [-0.1, -0.05) is 49.3 Å². The van der Waals surface area contributed by atoms with E-state index in [2.05, 4.69) is 43.3 Å². The largest absolute Gasteiger partial charge is 0.380 e. The molecule has 1 aromatic rings. The zero-order valence-electron chi connectivity index (χ0n) is 17.0.